The highest BCUT2D eigenvalue weighted by Gasteiger charge is 2.49. The summed E-state index contributed by atoms with van der Waals surface area (Å²) in [6.07, 6.45) is 1.27. The van der Waals surface area contributed by atoms with Crippen LogP contribution in [0, 0.1) is 12.9 Å². The zero-order valence-electron chi connectivity index (χ0n) is 17.3. The average Bonchev–Trinajstić information content (AvgIpc) is 3.38. The van der Waals surface area contributed by atoms with Crippen LogP contribution in [-0.2, 0) is 4.74 Å². The highest BCUT2D eigenvalue weighted by molar-refractivity contribution is 6.01. The Labute approximate surface area is 179 Å². The lowest BCUT2D eigenvalue weighted by Crippen LogP contribution is -2.55. The van der Waals surface area contributed by atoms with Crippen LogP contribution < -0.4 is 9.88 Å². The second kappa shape index (κ2) is 7.77. The SMILES string of the molecule is Cc1onc(-c2ccccc2)c1C(=O)N1CCOC12CCN(c1cccc(F)[nH+]1)CC2. The quantitative estimate of drug-likeness (QED) is 0.606. The van der Waals surface area contributed by atoms with Crippen molar-refractivity contribution in [2.45, 2.75) is 25.5 Å². The molecular weight excluding hydrogens is 399 g/mol. The third kappa shape index (κ3) is 3.46. The van der Waals surface area contributed by atoms with Crippen molar-refractivity contribution in [2.24, 2.45) is 0 Å². The molecule has 3 aromatic rings. The van der Waals surface area contributed by atoms with Crippen LogP contribution in [0.1, 0.15) is 29.0 Å². The number of hydrogen-bond donors (Lipinski definition) is 0. The number of nitrogens with one attached hydrogen (secondary N) is 1. The molecule has 8 heteroatoms. The van der Waals surface area contributed by atoms with Gasteiger partial charge >= 0.3 is 0 Å². The van der Waals surface area contributed by atoms with Crippen molar-refractivity contribution in [2.75, 3.05) is 31.1 Å². The van der Waals surface area contributed by atoms with E-state index in [9.17, 15) is 9.18 Å². The molecule has 1 spiro atoms. The third-order valence-electron chi connectivity index (χ3n) is 6.18. The van der Waals surface area contributed by atoms with Crippen LogP contribution in [0.15, 0.2) is 53.1 Å². The molecule has 0 bridgehead atoms. The van der Waals surface area contributed by atoms with E-state index in [1.807, 2.05) is 41.3 Å². The van der Waals surface area contributed by atoms with E-state index in [0.29, 0.717) is 56.1 Å². The van der Waals surface area contributed by atoms with Gasteiger partial charge in [0.1, 0.15) is 17.0 Å². The van der Waals surface area contributed by atoms with Crippen LogP contribution in [0.5, 0.6) is 0 Å². The Hall–Kier alpha value is -3.26. The van der Waals surface area contributed by atoms with Gasteiger partial charge in [-0.25, -0.2) is 4.98 Å². The Morgan fingerprint density at radius 3 is 2.61 bits per heavy atom. The van der Waals surface area contributed by atoms with Gasteiger partial charge in [0.2, 0.25) is 0 Å². The van der Waals surface area contributed by atoms with E-state index in [0.717, 1.165) is 11.4 Å². The van der Waals surface area contributed by atoms with E-state index >= 15 is 0 Å². The number of aryl methyl sites for hydroxylation is 1. The van der Waals surface area contributed by atoms with E-state index in [2.05, 4.69) is 15.0 Å². The summed E-state index contributed by atoms with van der Waals surface area (Å²) in [5, 5.41) is 4.16. The fraction of sp³-hybridized carbons (Fsp3) is 0.348. The van der Waals surface area contributed by atoms with Gasteiger partial charge in [0.15, 0.2) is 5.72 Å². The van der Waals surface area contributed by atoms with Crippen LogP contribution in [0.25, 0.3) is 11.3 Å². The van der Waals surface area contributed by atoms with E-state index in [1.165, 1.54) is 6.07 Å². The zero-order valence-corrected chi connectivity index (χ0v) is 17.3. The first-order chi connectivity index (χ1) is 15.1. The van der Waals surface area contributed by atoms with Crippen molar-refractivity contribution in [3.05, 3.63) is 65.8 Å². The minimum Gasteiger partial charge on any atom is -0.360 e. The number of anilines is 1. The summed E-state index contributed by atoms with van der Waals surface area (Å²) in [7, 11) is 0. The summed E-state index contributed by atoms with van der Waals surface area (Å²) in [6, 6.07) is 14.5. The predicted octanol–water partition coefficient (Wildman–Crippen LogP) is 3.07. The first kappa shape index (κ1) is 19.7. The van der Waals surface area contributed by atoms with Crippen LogP contribution in [0.3, 0.4) is 0 Å². The standard InChI is InChI=1S/C23H23FN4O3/c1-16-20(21(26-31-16)17-6-3-2-4-7-17)22(29)28-14-15-30-23(28)10-12-27(13-11-23)19-9-5-8-18(24)25-19/h2-9H,10-15H2,1H3/p+1. The van der Waals surface area contributed by atoms with Gasteiger partial charge in [0.25, 0.3) is 17.7 Å². The number of pyridine rings is 1. The van der Waals surface area contributed by atoms with Crippen LogP contribution >= 0.6 is 0 Å². The predicted molar refractivity (Wildman–Crippen MR) is 111 cm³/mol. The van der Waals surface area contributed by atoms with Gasteiger partial charge < -0.3 is 14.2 Å². The summed E-state index contributed by atoms with van der Waals surface area (Å²) in [5.74, 6) is 0.730. The first-order valence-corrected chi connectivity index (χ1v) is 10.5. The number of carbonyl (C=O) groups is 1. The molecule has 7 nitrogen and oxygen atoms in total. The Morgan fingerprint density at radius 2 is 1.87 bits per heavy atom. The summed E-state index contributed by atoms with van der Waals surface area (Å²) < 4.78 is 25.1. The number of aromatic nitrogens is 2. The molecule has 0 radical (unpaired) electrons. The van der Waals surface area contributed by atoms with Crippen molar-refractivity contribution in [1.29, 1.82) is 0 Å². The molecule has 2 saturated heterocycles. The van der Waals surface area contributed by atoms with Crippen LogP contribution in [0.4, 0.5) is 10.2 Å². The number of ether oxygens (including phenoxy) is 1. The molecule has 160 valence electrons. The molecule has 0 saturated carbocycles. The number of carbonyl (C=O) groups excluding carboxylic acids is 1. The molecule has 0 atom stereocenters. The number of piperidine rings is 1. The zero-order chi connectivity index (χ0) is 21.4. The molecule has 1 aromatic carbocycles. The van der Waals surface area contributed by atoms with E-state index in [4.69, 9.17) is 9.26 Å². The number of nitrogens with zero attached hydrogens (tertiary/aromatic N) is 3. The molecule has 31 heavy (non-hydrogen) atoms. The Bertz CT molecular complexity index is 1090. The van der Waals surface area contributed by atoms with Gasteiger partial charge in [-0.15, -0.1) is 0 Å². The number of H-pyrrole nitrogens is 1. The third-order valence-corrected chi connectivity index (χ3v) is 6.18. The van der Waals surface area contributed by atoms with Gasteiger partial charge in [-0.1, -0.05) is 35.5 Å². The molecule has 1 N–H and O–H groups in total. The van der Waals surface area contributed by atoms with Gasteiger partial charge in [-0.3, -0.25) is 9.69 Å². The normalized spacial score (nSPS) is 18.0. The summed E-state index contributed by atoms with van der Waals surface area (Å²) >= 11 is 0. The number of rotatable bonds is 3. The van der Waals surface area contributed by atoms with Gasteiger partial charge in [0, 0.05) is 37.1 Å². The smallest absolute Gasteiger partial charge is 0.276 e. The lowest BCUT2D eigenvalue weighted by Gasteiger charge is -2.41. The average molecular weight is 423 g/mol. The number of aromatic amines is 1. The summed E-state index contributed by atoms with van der Waals surface area (Å²) in [5.41, 5.74) is 1.21. The molecule has 2 aliphatic heterocycles. The minimum absolute atomic E-state index is 0.124. The molecule has 5 rings (SSSR count). The largest absolute Gasteiger partial charge is 0.360 e. The van der Waals surface area contributed by atoms with E-state index in [1.54, 1.807) is 13.0 Å². The highest BCUT2D eigenvalue weighted by Crippen LogP contribution is 2.37. The molecule has 4 heterocycles. The van der Waals surface area contributed by atoms with Crippen LogP contribution in [-0.4, -0.2) is 47.9 Å². The van der Waals surface area contributed by atoms with Crippen molar-refractivity contribution >= 4 is 11.7 Å². The maximum atomic E-state index is 13.7. The molecule has 0 aliphatic carbocycles. The lowest BCUT2D eigenvalue weighted by molar-refractivity contribution is -0.409. The second-order valence-corrected chi connectivity index (χ2v) is 7.95. The molecule has 2 aromatic heterocycles. The maximum Gasteiger partial charge on any atom is 0.276 e. The van der Waals surface area contributed by atoms with Gasteiger partial charge in [-0.05, 0) is 13.0 Å². The summed E-state index contributed by atoms with van der Waals surface area (Å²) in [4.78, 5) is 20.3. The topological polar surface area (TPSA) is 73.0 Å². The second-order valence-electron chi connectivity index (χ2n) is 7.95. The number of amides is 1. The van der Waals surface area contributed by atoms with Gasteiger partial charge in [0.05, 0.1) is 19.7 Å². The van der Waals surface area contributed by atoms with E-state index in [-0.39, 0.29) is 11.9 Å². The van der Waals surface area contributed by atoms with Gasteiger partial charge in [-0.2, -0.15) is 4.39 Å². The van der Waals surface area contributed by atoms with Crippen molar-refractivity contribution < 1.29 is 23.4 Å². The van der Waals surface area contributed by atoms with Crippen LogP contribution in [0.2, 0.25) is 0 Å². The number of hydrogen-bond acceptors (Lipinski definition) is 5. The maximum absolute atomic E-state index is 13.7. The fourth-order valence-corrected chi connectivity index (χ4v) is 4.57. The monoisotopic (exact) mass is 423 g/mol. The fourth-order valence-electron chi connectivity index (χ4n) is 4.57. The number of benzene rings is 1. The van der Waals surface area contributed by atoms with Crippen molar-refractivity contribution in [3.63, 3.8) is 0 Å². The van der Waals surface area contributed by atoms with Crippen molar-refractivity contribution in [1.82, 2.24) is 10.1 Å². The Morgan fingerprint density at radius 1 is 1.10 bits per heavy atom. The Kier molecular flexibility index (Phi) is 4.94. The molecule has 1 amide bonds. The van der Waals surface area contributed by atoms with E-state index < -0.39 is 5.72 Å². The number of halogens is 1. The molecule has 0 unspecified atom stereocenters. The molecular formula is C23H24FN4O3+. The van der Waals surface area contributed by atoms with Crippen molar-refractivity contribution in [3.8, 4) is 11.3 Å². The summed E-state index contributed by atoms with van der Waals surface area (Å²) in [6.45, 7) is 4.07. The minimum atomic E-state index is -0.668. The molecule has 2 fully saturated rings. The highest BCUT2D eigenvalue weighted by atomic mass is 19.1. The molecule has 2 aliphatic rings. The lowest BCUT2D eigenvalue weighted by atomic mass is 9.97. The Balaban J connectivity index is 1.39. The first-order valence-electron chi connectivity index (χ1n) is 10.5.